The fourth-order valence-electron chi connectivity index (χ4n) is 2.41. The number of rotatable bonds is 8. The van der Waals surface area contributed by atoms with Crippen LogP contribution in [0.1, 0.15) is 18.7 Å². The van der Waals surface area contributed by atoms with Crippen molar-refractivity contribution < 1.29 is 32.4 Å². The van der Waals surface area contributed by atoms with Crippen LogP contribution in [0.4, 0.5) is 13.2 Å². The third-order valence-corrected chi connectivity index (χ3v) is 5.96. The molecular weight excluding hydrogens is 401 g/mol. The Morgan fingerprint density at radius 3 is 2.54 bits per heavy atom. The number of carbonyl (C=O) groups is 1. The number of benzene rings is 1. The largest absolute Gasteiger partial charge is 0.480 e. The van der Waals surface area contributed by atoms with Crippen molar-refractivity contribution in [1.82, 2.24) is 9.97 Å². The summed E-state index contributed by atoms with van der Waals surface area (Å²) in [6.07, 6.45) is -5.49. The average molecular weight is 420 g/mol. The maximum Gasteiger partial charge on any atom is 0.424 e. The van der Waals surface area contributed by atoms with Crippen molar-refractivity contribution in [3.8, 4) is 0 Å². The molecule has 2 rings (SSSR count). The normalized spacial score (nSPS) is 17.6. The third-order valence-electron chi connectivity index (χ3n) is 4.20. The number of carboxylic acids is 1. The molecule has 3 atom stereocenters. The molecule has 0 aliphatic heterocycles. The molecule has 12 heteroatoms. The second-order valence-electron chi connectivity index (χ2n) is 6.31. The summed E-state index contributed by atoms with van der Waals surface area (Å²) in [5.41, 5.74) is 1.95. The summed E-state index contributed by atoms with van der Waals surface area (Å²) in [4.78, 5) is 18.1. The number of carboxylic acid groups (broad SMARTS) is 1. The van der Waals surface area contributed by atoms with Gasteiger partial charge in [0.2, 0.25) is 5.60 Å². The number of halogens is 3. The van der Waals surface area contributed by atoms with E-state index in [-0.39, 0.29) is 11.9 Å². The molecule has 154 valence electrons. The average Bonchev–Trinajstić information content (AvgIpc) is 2.62. The Hall–Kier alpha value is -2.31. The number of hydrogen-bond donors (Lipinski definition) is 4. The van der Waals surface area contributed by atoms with Crippen molar-refractivity contribution in [2.75, 3.05) is 11.5 Å². The van der Waals surface area contributed by atoms with Gasteiger partial charge in [0.25, 0.3) is 0 Å². The number of aromatic nitrogens is 2. The lowest BCUT2D eigenvalue weighted by molar-refractivity contribution is -0.270. The van der Waals surface area contributed by atoms with Gasteiger partial charge in [-0.3, -0.25) is 9.57 Å². The molecule has 0 fully saturated rings. The predicted octanol–water partition coefficient (Wildman–Crippen LogP) is 1.62. The van der Waals surface area contributed by atoms with Crippen molar-refractivity contribution in [1.29, 1.82) is 4.78 Å². The molecule has 8 nitrogen and oxygen atoms in total. The van der Waals surface area contributed by atoms with E-state index in [1.165, 1.54) is 6.07 Å². The van der Waals surface area contributed by atoms with Crippen molar-refractivity contribution in [2.24, 2.45) is 5.73 Å². The Balaban J connectivity index is 2.26. The lowest BCUT2D eigenvalue weighted by atomic mass is 9.98. The molecule has 2 aromatic rings. The smallest absolute Gasteiger partial charge is 0.424 e. The number of nitrogens with one attached hydrogen (secondary N) is 1. The topological polar surface area (TPSA) is 150 Å². The van der Waals surface area contributed by atoms with Crippen molar-refractivity contribution in [2.45, 2.75) is 30.7 Å². The Kier molecular flexibility index (Phi) is 6.26. The molecule has 0 aliphatic rings. The second-order valence-corrected chi connectivity index (χ2v) is 8.75. The summed E-state index contributed by atoms with van der Waals surface area (Å²) >= 11 is 0. The van der Waals surface area contributed by atoms with E-state index in [0.29, 0.717) is 5.39 Å². The number of nitrogens with zero attached hydrogens (tertiary/aromatic N) is 2. The highest BCUT2D eigenvalue weighted by Crippen LogP contribution is 2.40. The Labute approximate surface area is 158 Å². The van der Waals surface area contributed by atoms with Gasteiger partial charge < -0.3 is 15.9 Å². The molecule has 2 unspecified atom stereocenters. The maximum absolute atomic E-state index is 13.6. The lowest BCUT2D eigenvalue weighted by Crippen LogP contribution is -2.45. The standard InChI is InChI=1S/C16H19F3N4O4S/c17-16(18,19)15(26,6-8-28(21,27)7-5-11(20)13(24)25)14-22-9-10-3-1-2-4-12(10)23-14/h1-4,9,11,21,26H,5-8,20H2,(H,24,25)/t11-,15?,28?/m0/s1. The molecule has 0 saturated heterocycles. The molecule has 1 heterocycles. The zero-order valence-corrected chi connectivity index (χ0v) is 15.3. The van der Waals surface area contributed by atoms with Crippen LogP contribution < -0.4 is 5.73 Å². The monoisotopic (exact) mass is 420 g/mol. The minimum atomic E-state index is -5.18. The Morgan fingerprint density at radius 1 is 1.29 bits per heavy atom. The fraction of sp³-hybridized carbons (Fsp3) is 0.438. The second kappa shape index (κ2) is 7.97. The first kappa shape index (κ1) is 22.0. The summed E-state index contributed by atoms with van der Waals surface area (Å²) in [5, 5.41) is 19.5. The van der Waals surface area contributed by atoms with Gasteiger partial charge in [-0.1, -0.05) is 18.2 Å². The molecule has 0 radical (unpaired) electrons. The van der Waals surface area contributed by atoms with Gasteiger partial charge in [0, 0.05) is 39.2 Å². The molecule has 0 saturated carbocycles. The minimum Gasteiger partial charge on any atom is -0.480 e. The van der Waals surface area contributed by atoms with Gasteiger partial charge in [-0.2, -0.15) is 13.2 Å². The van der Waals surface area contributed by atoms with Gasteiger partial charge in [-0.05, 0) is 12.5 Å². The number of alkyl halides is 3. The summed E-state index contributed by atoms with van der Waals surface area (Å²) in [5.74, 6) is -3.61. The fourth-order valence-corrected chi connectivity index (χ4v) is 3.87. The number of fused-ring (bicyclic) bond motifs is 1. The lowest BCUT2D eigenvalue weighted by Gasteiger charge is -2.29. The van der Waals surface area contributed by atoms with E-state index in [1.54, 1.807) is 18.2 Å². The predicted molar refractivity (Wildman–Crippen MR) is 94.9 cm³/mol. The van der Waals surface area contributed by atoms with Crippen LogP contribution >= 0.6 is 0 Å². The van der Waals surface area contributed by atoms with E-state index < -0.39 is 57.3 Å². The maximum atomic E-state index is 13.6. The van der Waals surface area contributed by atoms with Crippen LogP contribution in [0.15, 0.2) is 30.5 Å². The Bertz CT molecular complexity index is 968. The first-order valence-corrected chi connectivity index (χ1v) is 9.99. The molecule has 0 amide bonds. The highest BCUT2D eigenvalue weighted by molar-refractivity contribution is 7.92. The van der Waals surface area contributed by atoms with Crippen LogP contribution in [-0.2, 0) is 20.1 Å². The quantitative estimate of drug-likeness (QED) is 0.507. The van der Waals surface area contributed by atoms with Crippen LogP contribution in [0, 0.1) is 4.78 Å². The zero-order chi connectivity index (χ0) is 21.2. The number of aliphatic hydroxyl groups is 1. The van der Waals surface area contributed by atoms with E-state index >= 15 is 0 Å². The molecule has 5 N–H and O–H groups in total. The van der Waals surface area contributed by atoms with E-state index in [0.717, 1.165) is 6.20 Å². The van der Waals surface area contributed by atoms with Crippen LogP contribution in [0.2, 0.25) is 0 Å². The van der Waals surface area contributed by atoms with Crippen LogP contribution in [0.5, 0.6) is 0 Å². The van der Waals surface area contributed by atoms with E-state index in [1.807, 2.05) is 0 Å². The minimum absolute atomic E-state index is 0.189. The van der Waals surface area contributed by atoms with Crippen LogP contribution in [0.25, 0.3) is 10.9 Å². The highest BCUT2D eigenvalue weighted by Gasteiger charge is 2.57. The van der Waals surface area contributed by atoms with Crippen molar-refractivity contribution in [3.63, 3.8) is 0 Å². The summed E-state index contributed by atoms with van der Waals surface area (Å²) in [6, 6.07) is 4.88. The van der Waals surface area contributed by atoms with Crippen molar-refractivity contribution >= 4 is 26.6 Å². The van der Waals surface area contributed by atoms with Gasteiger partial charge >= 0.3 is 12.1 Å². The van der Waals surface area contributed by atoms with E-state index in [2.05, 4.69) is 9.97 Å². The van der Waals surface area contributed by atoms with Crippen molar-refractivity contribution in [3.05, 3.63) is 36.3 Å². The molecule has 1 aromatic heterocycles. The molecule has 28 heavy (non-hydrogen) atoms. The summed E-state index contributed by atoms with van der Waals surface area (Å²) < 4.78 is 60.7. The van der Waals surface area contributed by atoms with E-state index in [4.69, 9.17) is 15.6 Å². The van der Waals surface area contributed by atoms with Gasteiger partial charge in [0.05, 0.1) is 5.52 Å². The van der Waals surface area contributed by atoms with Gasteiger partial charge in [-0.15, -0.1) is 0 Å². The number of aliphatic carboxylic acids is 1. The molecular formula is C16H19F3N4O4S. The molecule has 1 aromatic carbocycles. The van der Waals surface area contributed by atoms with Gasteiger partial charge in [-0.25, -0.2) is 14.2 Å². The van der Waals surface area contributed by atoms with Crippen LogP contribution in [-0.4, -0.2) is 54.1 Å². The SMILES string of the molecule is N=S(=O)(CC[C@H](N)C(=O)O)CCC(O)(c1ncc2ccccc2n1)C(F)(F)F. The number of nitrogens with two attached hydrogens (primary N) is 1. The van der Waals surface area contributed by atoms with Gasteiger partial charge in [0.1, 0.15) is 6.04 Å². The highest BCUT2D eigenvalue weighted by atomic mass is 32.2. The zero-order valence-electron chi connectivity index (χ0n) is 14.5. The van der Waals surface area contributed by atoms with Gasteiger partial charge in [0.15, 0.2) is 5.82 Å². The van der Waals surface area contributed by atoms with E-state index in [9.17, 15) is 27.3 Å². The number of hydrogen-bond acceptors (Lipinski definition) is 7. The van der Waals surface area contributed by atoms with Crippen LogP contribution in [0.3, 0.4) is 0 Å². The third kappa shape index (κ3) is 4.94. The number of para-hydroxylation sites is 1. The Morgan fingerprint density at radius 2 is 1.93 bits per heavy atom. The first-order valence-electron chi connectivity index (χ1n) is 8.10. The summed E-state index contributed by atoms with van der Waals surface area (Å²) in [7, 11) is -3.61. The molecule has 0 aliphatic carbocycles. The molecule has 0 bridgehead atoms. The summed E-state index contributed by atoms with van der Waals surface area (Å²) in [6.45, 7) is 0. The first-order chi connectivity index (χ1) is 12.9. The molecule has 0 spiro atoms.